The molecule has 0 radical (unpaired) electrons. The molecule has 1 amide bonds. The van der Waals surface area contributed by atoms with E-state index in [4.69, 9.17) is 4.74 Å². The summed E-state index contributed by atoms with van der Waals surface area (Å²) in [5.74, 6) is 1.08. The van der Waals surface area contributed by atoms with Crippen molar-refractivity contribution < 1.29 is 9.53 Å². The summed E-state index contributed by atoms with van der Waals surface area (Å²) < 4.78 is 5.71. The summed E-state index contributed by atoms with van der Waals surface area (Å²) >= 11 is 0. The van der Waals surface area contributed by atoms with Crippen molar-refractivity contribution in [2.45, 2.75) is 12.5 Å². The van der Waals surface area contributed by atoms with Crippen LogP contribution in [0.15, 0.2) is 61.1 Å². The number of carbonyl (C=O) groups is 1. The van der Waals surface area contributed by atoms with Crippen LogP contribution in [-0.4, -0.2) is 43.9 Å². The molecule has 0 bridgehead atoms. The van der Waals surface area contributed by atoms with Gasteiger partial charge in [0, 0.05) is 30.9 Å². The van der Waals surface area contributed by atoms with Crippen LogP contribution in [0.2, 0.25) is 0 Å². The maximum absolute atomic E-state index is 12.8. The first kappa shape index (κ1) is 15.3. The van der Waals surface area contributed by atoms with Crippen molar-refractivity contribution >= 4 is 5.91 Å². The molecule has 25 heavy (non-hydrogen) atoms. The first-order chi connectivity index (χ1) is 12.3. The molecule has 1 fully saturated rings. The minimum atomic E-state index is -0.0128. The molecule has 0 aliphatic carbocycles. The Morgan fingerprint density at radius 3 is 2.76 bits per heavy atom. The minimum Gasteiger partial charge on any atom is -0.439 e. The van der Waals surface area contributed by atoms with E-state index in [9.17, 15) is 4.79 Å². The van der Waals surface area contributed by atoms with Gasteiger partial charge in [-0.25, -0.2) is 4.98 Å². The van der Waals surface area contributed by atoms with Crippen LogP contribution in [0.25, 0.3) is 0 Å². The second kappa shape index (κ2) is 6.72. The van der Waals surface area contributed by atoms with Gasteiger partial charge in [-0.05, 0) is 30.7 Å². The van der Waals surface area contributed by atoms with Gasteiger partial charge >= 0.3 is 0 Å². The lowest BCUT2D eigenvalue weighted by atomic mass is 10.2. The fourth-order valence-corrected chi connectivity index (χ4v) is 2.93. The minimum absolute atomic E-state index is 0.0128. The Morgan fingerprint density at radius 1 is 1.08 bits per heavy atom. The highest BCUT2D eigenvalue weighted by Gasteiger charge is 2.29. The molecule has 2 aromatic heterocycles. The normalized spacial score (nSPS) is 16.8. The molecule has 1 saturated heterocycles. The van der Waals surface area contributed by atoms with Crippen molar-refractivity contribution in [3.05, 3.63) is 66.6 Å². The molecular weight excluding hydrogens is 318 g/mol. The average Bonchev–Trinajstić information content (AvgIpc) is 3.34. The molecule has 1 aromatic carbocycles. The van der Waals surface area contributed by atoms with E-state index in [2.05, 4.69) is 15.2 Å². The van der Waals surface area contributed by atoms with Crippen molar-refractivity contribution in [2.75, 3.05) is 13.1 Å². The van der Waals surface area contributed by atoms with Gasteiger partial charge in [0.05, 0.1) is 18.4 Å². The largest absolute Gasteiger partial charge is 0.439 e. The maximum Gasteiger partial charge on any atom is 0.254 e. The Balaban J connectivity index is 1.46. The van der Waals surface area contributed by atoms with E-state index in [1.54, 1.807) is 41.6 Å². The van der Waals surface area contributed by atoms with Crippen LogP contribution in [0.5, 0.6) is 11.6 Å². The van der Waals surface area contributed by atoms with Crippen LogP contribution in [0.4, 0.5) is 0 Å². The lowest BCUT2D eigenvalue weighted by Crippen LogP contribution is -2.29. The Hall–Kier alpha value is -3.22. The zero-order chi connectivity index (χ0) is 17.1. The van der Waals surface area contributed by atoms with Crippen molar-refractivity contribution in [2.24, 2.45) is 0 Å². The van der Waals surface area contributed by atoms with Gasteiger partial charge in [-0.2, -0.15) is 15.0 Å². The van der Waals surface area contributed by atoms with Crippen LogP contribution >= 0.6 is 0 Å². The van der Waals surface area contributed by atoms with E-state index in [0.29, 0.717) is 30.3 Å². The first-order valence-electron chi connectivity index (χ1n) is 8.13. The Morgan fingerprint density at radius 2 is 1.96 bits per heavy atom. The Labute approximate surface area is 144 Å². The third kappa shape index (κ3) is 3.35. The smallest absolute Gasteiger partial charge is 0.254 e. The molecule has 1 unspecified atom stereocenters. The third-order valence-corrected chi connectivity index (χ3v) is 4.15. The highest BCUT2D eigenvalue weighted by Crippen LogP contribution is 2.24. The van der Waals surface area contributed by atoms with Gasteiger partial charge in [0.2, 0.25) is 5.88 Å². The predicted octanol–water partition coefficient (Wildman–Crippen LogP) is 2.55. The van der Waals surface area contributed by atoms with E-state index in [0.717, 1.165) is 6.42 Å². The van der Waals surface area contributed by atoms with E-state index in [1.807, 2.05) is 29.2 Å². The van der Waals surface area contributed by atoms with Gasteiger partial charge in [0.1, 0.15) is 5.75 Å². The third-order valence-electron chi connectivity index (χ3n) is 4.15. The van der Waals surface area contributed by atoms with Crippen molar-refractivity contribution in [3.8, 4) is 11.6 Å². The number of hydrogen-bond donors (Lipinski definition) is 0. The van der Waals surface area contributed by atoms with Gasteiger partial charge < -0.3 is 9.64 Å². The predicted molar refractivity (Wildman–Crippen MR) is 90.3 cm³/mol. The van der Waals surface area contributed by atoms with Gasteiger partial charge in [0.15, 0.2) is 0 Å². The second-order valence-electron chi connectivity index (χ2n) is 5.84. The van der Waals surface area contributed by atoms with E-state index >= 15 is 0 Å². The zero-order valence-electron chi connectivity index (χ0n) is 13.5. The molecule has 7 nitrogen and oxygen atoms in total. The average molecular weight is 335 g/mol. The Kier molecular flexibility index (Phi) is 4.12. The number of benzene rings is 1. The van der Waals surface area contributed by atoms with Gasteiger partial charge in [-0.1, -0.05) is 12.1 Å². The van der Waals surface area contributed by atoms with Crippen LogP contribution in [-0.2, 0) is 0 Å². The summed E-state index contributed by atoms with van der Waals surface area (Å²) in [7, 11) is 0. The first-order valence-corrected chi connectivity index (χ1v) is 8.13. The molecule has 1 aliphatic heterocycles. The molecule has 0 N–H and O–H groups in total. The van der Waals surface area contributed by atoms with Crippen molar-refractivity contribution in [1.82, 2.24) is 24.9 Å². The molecule has 1 aliphatic rings. The number of aromatic nitrogens is 4. The fourth-order valence-electron chi connectivity index (χ4n) is 2.93. The van der Waals surface area contributed by atoms with E-state index < -0.39 is 0 Å². The highest BCUT2D eigenvalue weighted by atomic mass is 16.5. The number of rotatable bonds is 4. The zero-order valence-corrected chi connectivity index (χ0v) is 13.5. The number of amides is 1. The van der Waals surface area contributed by atoms with Gasteiger partial charge in [0.25, 0.3) is 5.91 Å². The number of nitrogens with zero attached hydrogens (tertiary/aromatic N) is 5. The summed E-state index contributed by atoms with van der Waals surface area (Å²) in [6, 6.07) is 12.8. The molecule has 126 valence electrons. The fraction of sp³-hybridized carbons (Fsp3) is 0.222. The van der Waals surface area contributed by atoms with E-state index in [1.165, 1.54) is 0 Å². The quantitative estimate of drug-likeness (QED) is 0.732. The standard InChI is InChI=1S/C18H17N5O2/c24-18(22-11-7-15(13-22)23-20-9-10-21-23)14-4-3-5-16(12-14)25-17-6-1-2-8-19-17/h1-6,8-10,12,15H,7,11,13H2. The molecule has 4 rings (SSSR count). The molecular formula is C18H17N5O2. The molecule has 0 spiro atoms. The topological polar surface area (TPSA) is 73.1 Å². The Bertz CT molecular complexity index is 851. The lowest BCUT2D eigenvalue weighted by molar-refractivity contribution is 0.0786. The molecule has 1 atom stereocenters. The molecule has 3 aromatic rings. The maximum atomic E-state index is 12.8. The number of ether oxygens (including phenoxy) is 1. The summed E-state index contributed by atoms with van der Waals surface area (Å²) in [5.41, 5.74) is 0.600. The SMILES string of the molecule is O=C(c1cccc(Oc2ccccn2)c1)N1CCC(n2nccn2)C1. The van der Waals surface area contributed by atoms with Gasteiger partial charge in [-0.3, -0.25) is 4.79 Å². The molecule has 7 heteroatoms. The number of likely N-dealkylation sites (tertiary alicyclic amines) is 1. The summed E-state index contributed by atoms with van der Waals surface area (Å²) in [6.45, 7) is 1.30. The number of pyridine rings is 1. The van der Waals surface area contributed by atoms with E-state index in [-0.39, 0.29) is 11.9 Å². The molecule has 0 saturated carbocycles. The summed E-state index contributed by atoms with van der Waals surface area (Å²) in [4.78, 5) is 20.4. The monoisotopic (exact) mass is 335 g/mol. The highest BCUT2D eigenvalue weighted by molar-refractivity contribution is 5.94. The van der Waals surface area contributed by atoms with Crippen LogP contribution in [0, 0.1) is 0 Å². The lowest BCUT2D eigenvalue weighted by Gasteiger charge is -2.17. The number of hydrogen-bond acceptors (Lipinski definition) is 5. The van der Waals surface area contributed by atoms with Crippen molar-refractivity contribution in [3.63, 3.8) is 0 Å². The van der Waals surface area contributed by atoms with Crippen molar-refractivity contribution in [1.29, 1.82) is 0 Å². The van der Waals surface area contributed by atoms with Crippen LogP contribution in [0.3, 0.4) is 0 Å². The van der Waals surface area contributed by atoms with Crippen LogP contribution < -0.4 is 4.74 Å². The second-order valence-corrected chi connectivity index (χ2v) is 5.84. The molecule has 3 heterocycles. The van der Waals surface area contributed by atoms with Crippen LogP contribution in [0.1, 0.15) is 22.8 Å². The summed E-state index contributed by atoms with van der Waals surface area (Å²) in [5, 5.41) is 8.33. The summed E-state index contributed by atoms with van der Waals surface area (Å²) in [6.07, 6.45) is 5.83. The number of carbonyl (C=O) groups excluding carboxylic acids is 1. The van der Waals surface area contributed by atoms with Gasteiger partial charge in [-0.15, -0.1) is 0 Å².